The summed E-state index contributed by atoms with van der Waals surface area (Å²) in [4.78, 5) is 42.2. The molecular weight excluding hydrogens is 478 g/mol. The Hall–Kier alpha value is -3.74. The zero-order chi connectivity index (χ0) is 29.5. The quantitative estimate of drug-likeness (QED) is 0.341. The van der Waals surface area contributed by atoms with E-state index in [4.69, 9.17) is 4.79 Å². The van der Waals surface area contributed by atoms with Crippen molar-refractivity contribution in [1.82, 2.24) is 10.6 Å². The van der Waals surface area contributed by atoms with E-state index >= 15 is 0 Å². The van der Waals surface area contributed by atoms with E-state index in [0.717, 1.165) is 31.1 Å². The van der Waals surface area contributed by atoms with Gasteiger partial charge in [0.15, 0.2) is 5.78 Å². The number of carbonyl (C=O) groups excluding carboxylic acids is 4. The Bertz CT molecular complexity index is 959. The normalized spacial score (nSPS) is 10.9. The molecule has 0 saturated carbocycles. The Morgan fingerprint density at radius 2 is 1.55 bits per heavy atom. The zero-order valence-corrected chi connectivity index (χ0v) is 24.3. The van der Waals surface area contributed by atoms with Crippen molar-refractivity contribution in [2.75, 3.05) is 12.4 Å². The first-order valence-electron chi connectivity index (χ1n) is 12.9. The SMILES string of the molecule is C=C(CC)NC(C=O)CC.CC(=O)C(NC(=O)c1ccccc1)C(C)C.CC=O.CNc1cccc(C)c1. The van der Waals surface area contributed by atoms with Gasteiger partial charge in [0.2, 0.25) is 0 Å². The number of rotatable bonds is 10. The van der Waals surface area contributed by atoms with Gasteiger partial charge in [-0.2, -0.15) is 0 Å². The van der Waals surface area contributed by atoms with Gasteiger partial charge in [-0.1, -0.05) is 64.6 Å². The number of benzene rings is 2. The fourth-order valence-corrected chi connectivity index (χ4v) is 2.95. The van der Waals surface area contributed by atoms with Crippen molar-refractivity contribution in [3.05, 3.63) is 78.0 Å². The maximum Gasteiger partial charge on any atom is 0.251 e. The number of nitrogens with one attached hydrogen (secondary N) is 3. The van der Waals surface area contributed by atoms with Crippen LogP contribution >= 0.6 is 0 Å². The molecule has 0 saturated heterocycles. The molecule has 2 atom stereocenters. The third kappa shape index (κ3) is 17.7. The summed E-state index contributed by atoms with van der Waals surface area (Å²) < 4.78 is 0. The molecular formula is C31H47N3O4. The summed E-state index contributed by atoms with van der Waals surface area (Å²) in [6.45, 7) is 16.6. The highest BCUT2D eigenvalue weighted by atomic mass is 16.2. The summed E-state index contributed by atoms with van der Waals surface area (Å²) in [7, 11) is 1.93. The fourth-order valence-electron chi connectivity index (χ4n) is 2.95. The molecule has 38 heavy (non-hydrogen) atoms. The minimum atomic E-state index is -0.410. The molecule has 0 aliphatic heterocycles. The van der Waals surface area contributed by atoms with Crippen LogP contribution in [0, 0.1) is 12.8 Å². The number of allylic oxidation sites excluding steroid dienone is 1. The van der Waals surface area contributed by atoms with Crippen molar-refractivity contribution in [2.45, 2.75) is 73.4 Å². The van der Waals surface area contributed by atoms with E-state index in [1.165, 1.54) is 25.1 Å². The Morgan fingerprint density at radius 1 is 0.974 bits per heavy atom. The third-order valence-corrected chi connectivity index (χ3v) is 5.15. The molecule has 2 rings (SSSR count). The van der Waals surface area contributed by atoms with E-state index in [-0.39, 0.29) is 23.7 Å². The first-order chi connectivity index (χ1) is 18.0. The van der Waals surface area contributed by atoms with Gasteiger partial charge in [0.05, 0.1) is 12.1 Å². The molecule has 210 valence electrons. The monoisotopic (exact) mass is 525 g/mol. The summed E-state index contributed by atoms with van der Waals surface area (Å²) in [5.74, 6) is -0.112. The molecule has 2 unspecified atom stereocenters. The van der Waals surface area contributed by atoms with Crippen molar-refractivity contribution < 1.29 is 19.2 Å². The highest BCUT2D eigenvalue weighted by Crippen LogP contribution is 2.07. The second-order valence-corrected chi connectivity index (χ2v) is 8.78. The van der Waals surface area contributed by atoms with Crippen LogP contribution in [0.25, 0.3) is 0 Å². The van der Waals surface area contributed by atoms with Gasteiger partial charge in [0.25, 0.3) is 5.91 Å². The van der Waals surface area contributed by atoms with Crippen LogP contribution in [-0.4, -0.2) is 43.4 Å². The first-order valence-corrected chi connectivity index (χ1v) is 12.9. The van der Waals surface area contributed by atoms with Crippen LogP contribution in [0.15, 0.2) is 66.9 Å². The fraction of sp³-hybridized carbons (Fsp3) is 0.419. The molecule has 7 heteroatoms. The molecule has 7 nitrogen and oxygen atoms in total. The molecule has 1 amide bonds. The van der Waals surface area contributed by atoms with E-state index in [0.29, 0.717) is 5.56 Å². The van der Waals surface area contributed by atoms with E-state index in [9.17, 15) is 14.4 Å². The molecule has 2 aromatic carbocycles. The molecule has 0 aliphatic rings. The van der Waals surface area contributed by atoms with Crippen molar-refractivity contribution in [3.63, 3.8) is 0 Å². The maximum absolute atomic E-state index is 11.8. The molecule has 0 spiro atoms. The molecule has 0 aromatic heterocycles. The van der Waals surface area contributed by atoms with Crippen LogP contribution in [0.5, 0.6) is 0 Å². The van der Waals surface area contributed by atoms with Gasteiger partial charge in [-0.05, 0) is 69.4 Å². The van der Waals surface area contributed by atoms with Crippen LogP contribution < -0.4 is 16.0 Å². The largest absolute Gasteiger partial charge is 0.388 e. The topological polar surface area (TPSA) is 104 Å². The number of anilines is 1. The van der Waals surface area contributed by atoms with Crippen LogP contribution in [0.4, 0.5) is 5.69 Å². The summed E-state index contributed by atoms with van der Waals surface area (Å²) in [5.41, 5.74) is 3.98. The number of hydrogen-bond acceptors (Lipinski definition) is 6. The highest BCUT2D eigenvalue weighted by molar-refractivity contribution is 5.97. The predicted octanol–water partition coefficient (Wildman–Crippen LogP) is 5.75. The number of ketones is 1. The number of hydrogen-bond donors (Lipinski definition) is 3. The van der Waals surface area contributed by atoms with Crippen molar-refractivity contribution in [3.8, 4) is 0 Å². The minimum absolute atomic E-state index is 0.0146. The average molecular weight is 526 g/mol. The van der Waals surface area contributed by atoms with Crippen molar-refractivity contribution in [2.24, 2.45) is 5.92 Å². The second kappa shape index (κ2) is 22.5. The lowest BCUT2D eigenvalue weighted by atomic mass is 10.0. The van der Waals surface area contributed by atoms with Gasteiger partial charge in [-0.3, -0.25) is 9.59 Å². The lowest BCUT2D eigenvalue weighted by Gasteiger charge is -2.19. The Balaban J connectivity index is 0. The third-order valence-electron chi connectivity index (χ3n) is 5.15. The van der Waals surface area contributed by atoms with Gasteiger partial charge in [0.1, 0.15) is 12.6 Å². The zero-order valence-electron chi connectivity index (χ0n) is 24.3. The molecule has 3 N–H and O–H groups in total. The summed E-state index contributed by atoms with van der Waals surface area (Å²) in [6, 6.07) is 16.7. The number of aryl methyl sites for hydroxylation is 1. The molecule has 0 bridgehead atoms. The average Bonchev–Trinajstić information content (AvgIpc) is 2.91. The summed E-state index contributed by atoms with van der Waals surface area (Å²) in [6.07, 6.45) is 3.37. The highest BCUT2D eigenvalue weighted by Gasteiger charge is 2.20. The number of amides is 1. The smallest absolute Gasteiger partial charge is 0.251 e. The Labute approximate surface area is 229 Å². The van der Waals surface area contributed by atoms with E-state index < -0.39 is 6.04 Å². The lowest BCUT2D eigenvalue weighted by molar-refractivity contribution is -0.119. The Kier molecular flexibility index (Phi) is 21.5. The van der Waals surface area contributed by atoms with Gasteiger partial charge in [-0.25, -0.2) is 0 Å². The number of carbonyl (C=O) groups is 4. The molecule has 0 heterocycles. The lowest BCUT2D eigenvalue weighted by Crippen LogP contribution is -2.43. The predicted molar refractivity (Wildman–Crippen MR) is 158 cm³/mol. The van der Waals surface area contributed by atoms with E-state index in [1.807, 2.05) is 52.9 Å². The minimum Gasteiger partial charge on any atom is -0.388 e. The van der Waals surface area contributed by atoms with Crippen LogP contribution in [-0.2, 0) is 14.4 Å². The van der Waals surface area contributed by atoms with E-state index in [1.54, 1.807) is 24.3 Å². The molecule has 0 fully saturated rings. The second-order valence-electron chi connectivity index (χ2n) is 8.78. The van der Waals surface area contributed by atoms with E-state index in [2.05, 4.69) is 41.6 Å². The van der Waals surface area contributed by atoms with Crippen molar-refractivity contribution >= 4 is 30.0 Å². The maximum atomic E-state index is 11.8. The van der Waals surface area contributed by atoms with Crippen molar-refractivity contribution in [1.29, 1.82) is 0 Å². The van der Waals surface area contributed by atoms with Gasteiger partial charge in [0, 0.05) is 24.0 Å². The molecule has 2 aromatic rings. The number of aldehydes is 2. The van der Waals surface area contributed by atoms with Gasteiger partial charge in [-0.15, -0.1) is 0 Å². The number of Topliss-reactive ketones (excluding diaryl/α,β-unsaturated/α-hetero) is 1. The summed E-state index contributed by atoms with van der Waals surface area (Å²) in [5, 5.41) is 8.81. The van der Waals surface area contributed by atoms with Crippen LogP contribution in [0.1, 0.15) is 70.3 Å². The summed E-state index contributed by atoms with van der Waals surface area (Å²) >= 11 is 0. The van der Waals surface area contributed by atoms with Crippen LogP contribution in [0.3, 0.4) is 0 Å². The Morgan fingerprint density at radius 3 is 1.92 bits per heavy atom. The molecule has 0 aliphatic carbocycles. The standard InChI is InChI=1S/C13H17NO2.C8H15NO.C8H11N.C2H4O/c1-9(2)12(10(3)15)14-13(16)11-7-5-4-6-8-11;1-4-7(3)9-8(5-2)6-10;1-7-4-3-5-8(6-7)9-2;1-2-3/h4-9,12H,1-3H3,(H,14,16);6,8-9H,3-5H2,1-2H3;3-6,9H,1-2H3;2H,1H3. The molecule has 0 radical (unpaired) electrons. The van der Waals surface area contributed by atoms with Gasteiger partial charge >= 0.3 is 0 Å². The first kappa shape index (κ1) is 36.4. The van der Waals surface area contributed by atoms with Gasteiger partial charge < -0.3 is 25.5 Å². The van der Waals surface area contributed by atoms with Crippen LogP contribution in [0.2, 0.25) is 0 Å².